The molecule has 76 valence electrons. The van der Waals surface area contributed by atoms with Crippen molar-refractivity contribution in [2.45, 2.75) is 24.2 Å². The second-order valence-corrected chi connectivity index (χ2v) is 4.37. The highest BCUT2D eigenvalue weighted by Gasteiger charge is 2.10. The van der Waals surface area contributed by atoms with E-state index >= 15 is 0 Å². The Morgan fingerprint density at radius 3 is 2.64 bits per heavy atom. The molecule has 2 nitrogen and oxygen atoms in total. The molecule has 0 radical (unpaired) electrons. The molecule has 2 rings (SSSR count). The standard InChI is InChI=1S/C11H16N2S/c12-14-11-6-4-5-10(9-11)13-7-2-1-3-8-13/h4-6,9H,1-3,7-8,12H2. The highest BCUT2D eigenvalue weighted by atomic mass is 32.2. The van der Waals surface area contributed by atoms with E-state index in [0.29, 0.717) is 0 Å². The molecular formula is C11H16N2S. The molecule has 1 aliphatic heterocycles. The lowest BCUT2D eigenvalue weighted by Gasteiger charge is -2.28. The van der Waals surface area contributed by atoms with Crippen LogP contribution < -0.4 is 10.0 Å². The molecule has 14 heavy (non-hydrogen) atoms. The predicted octanol–water partition coefficient (Wildman–Crippen LogP) is 2.64. The Morgan fingerprint density at radius 1 is 1.14 bits per heavy atom. The molecule has 3 heteroatoms. The molecule has 0 saturated carbocycles. The van der Waals surface area contributed by atoms with Gasteiger partial charge in [0.05, 0.1) is 0 Å². The van der Waals surface area contributed by atoms with Gasteiger partial charge in [0.25, 0.3) is 0 Å². The van der Waals surface area contributed by atoms with Gasteiger partial charge in [-0.1, -0.05) is 6.07 Å². The molecule has 0 aromatic heterocycles. The molecule has 0 aliphatic carbocycles. The molecule has 1 fully saturated rings. The van der Waals surface area contributed by atoms with Crippen molar-refractivity contribution >= 4 is 17.6 Å². The molecule has 0 amide bonds. The van der Waals surface area contributed by atoms with Gasteiger partial charge in [-0.15, -0.1) is 0 Å². The number of benzene rings is 1. The molecule has 0 bridgehead atoms. The van der Waals surface area contributed by atoms with Crippen molar-refractivity contribution in [2.24, 2.45) is 5.14 Å². The normalized spacial score (nSPS) is 17.1. The Morgan fingerprint density at radius 2 is 1.93 bits per heavy atom. The van der Waals surface area contributed by atoms with Crippen LogP contribution in [0.5, 0.6) is 0 Å². The summed E-state index contributed by atoms with van der Waals surface area (Å²) in [6.45, 7) is 2.39. The maximum atomic E-state index is 5.55. The minimum Gasteiger partial charge on any atom is -0.372 e. The second-order valence-electron chi connectivity index (χ2n) is 3.66. The van der Waals surface area contributed by atoms with Crippen LogP contribution in [0, 0.1) is 0 Å². The SMILES string of the molecule is NSc1cccc(N2CCCCC2)c1. The smallest absolute Gasteiger partial charge is 0.0377 e. The topological polar surface area (TPSA) is 29.3 Å². The average Bonchev–Trinajstić information content (AvgIpc) is 2.30. The number of piperidine rings is 1. The zero-order chi connectivity index (χ0) is 9.80. The summed E-state index contributed by atoms with van der Waals surface area (Å²) < 4.78 is 0. The Hall–Kier alpha value is -0.670. The molecule has 2 N–H and O–H groups in total. The van der Waals surface area contributed by atoms with Gasteiger partial charge < -0.3 is 4.90 Å². The van der Waals surface area contributed by atoms with Crippen LogP contribution in [0.15, 0.2) is 29.2 Å². The summed E-state index contributed by atoms with van der Waals surface area (Å²) in [7, 11) is 0. The summed E-state index contributed by atoms with van der Waals surface area (Å²) in [6, 6.07) is 8.48. The van der Waals surface area contributed by atoms with E-state index in [-0.39, 0.29) is 0 Å². The fourth-order valence-electron chi connectivity index (χ4n) is 1.91. The highest BCUT2D eigenvalue weighted by molar-refractivity contribution is 7.97. The monoisotopic (exact) mass is 208 g/mol. The lowest BCUT2D eigenvalue weighted by atomic mass is 10.1. The Balaban J connectivity index is 2.13. The van der Waals surface area contributed by atoms with Gasteiger partial charge in [0, 0.05) is 23.7 Å². The summed E-state index contributed by atoms with van der Waals surface area (Å²) >= 11 is 1.32. The fourth-order valence-corrected chi connectivity index (χ4v) is 2.25. The van der Waals surface area contributed by atoms with Crippen molar-refractivity contribution in [3.05, 3.63) is 24.3 Å². The van der Waals surface area contributed by atoms with Gasteiger partial charge in [-0.05, 0) is 49.4 Å². The van der Waals surface area contributed by atoms with Crippen LogP contribution in [0.4, 0.5) is 5.69 Å². The molecular weight excluding hydrogens is 192 g/mol. The lowest BCUT2D eigenvalue weighted by molar-refractivity contribution is 0.577. The fraction of sp³-hybridized carbons (Fsp3) is 0.455. The van der Waals surface area contributed by atoms with Crippen LogP contribution in [0.3, 0.4) is 0 Å². The van der Waals surface area contributed by atoms with Crippen molar-refractivity contribution in [1.82, 2.24) is 0 Å². The third-order valence-corrected chi connectivity index (χ3v) is 3.20. The summed E-state index contributed by atoms with van der Waals surface area (Å²) in [6.07, 6.45) is 4.02. The number of nitrogens with zero attached hydrogens (tertiary/aromatic N) is 1. The summed E-state index contributed by atoms with van der Waals surface area (Å²) in [4.78, 5) is 3.59. The van der Waals surface area contributed by atoms with Gasteiger partial charge >= 0.3 is 0 Å². The first-order chi connectivity index (χ1) is 6.90. The minimum atomic E-state index is 1.15. The van der Waals surface area contributed by atoms with Crippen LogP contribution in [0.25, 0.3) is 0 Å². The van der Waals surface area contributed by atoms with Gasteiger partial charge in [-0.3, -0.25) is 5.14 Å². The molecule has 0 atom stereocenters. The van der Waals surface area contributed by atoms with E-state index in [1.165, 1.54) is 50.0 Å². The van der Waals surface area contributed by atoms with Crippen molar-refractivity contribution in [3.63, 3.8) is 0 Å². The number of nitrogens with two attached hydrogens (primary N) is 1. The van der Waals surface area contributed by atoms with Crippen LogP contribution in [-0.4, -0.2) is 13.1 Å². The molecule has 0 spiro atoms. The van der Waals surface area contributed by atoms with E-state index < -0.39 is 0 Å². The van der Waals surface area contributed by atoms with Crippen molar-refractivity contribution < 1.29 is 0 Å². The zero-order valence-corrected chi connectivity index (χ0v) is 9.09. The third-order valence-electron chi connectivity index (χ3n) is 2.67. The number of anilines is 1. The van der Waals surface area contributed by atoms with Crippen LogP contribution in [0.1, 0.15) is 19.3 Å². The first-order valence-corrected chi connectivity index (χ1v) is 6.00. The van der Waals surface area contributed by atoms with E-state index in [9.17, 15) is 0 Å². The first kappa shape index (κ1) is 9.87. The van der Waals surface area contributed by atoms with E-state index in [1.807, 2.05) is 0 Å². The van der Waals surface area contributed by atoms with E-state index in [1.54, 1.807) is 0 Å². The quantitative estimate of drug-likeness (QED) is 0.758. The van der Waals surface area contributed by atoms with Crippen LogP contribution >= 0.6 is 11.9 Å². The van der Waals surface area contributed by atoms with E-state index in [0.717, 1.165) is 4.90 Å². The van der Waals surface area contributed by atoms with Gasteiger partial charge in [0.2, 0.25) is 0 Å². The molecule has 1 aromatic carbocycles. The van der Waals surface area contributed by atoms with Gasteiger partial charge in [-0.2, -0.15) is 0 Å². The largest absolute Gasteiger partial charge is 0.372 e. The Kier molecular flexibility index (Phi) is 3.32. The Bertz CT molecular complexity index is 295. The average molecular weight is 208 g/mol. The van der Waals surface area contributed by atoms with Crippen LogP contribution in [-0.2, 0) is 0 Å². The lowest BCUT2D eigenvalue weighted by Crippen LogP contribution is -2.29. The van der Waals surface area contributed by atoms with Crippen LogP contribution in [0.2, 0.25) is 0 Å². The number of rotatable bonds is 2. The summed E-state index contributed by atoms with van der Waals surface area (Å²) in [5.41, 5.74) is 1.32. The second kappa shape index (κ2) is 4.71. The van der Waals surface area contributed by atoms with E-state index in [2.05, 4.69) is 29.2 Å². The first-order valence-electron chi connectivity index (χ1n) is 5.12. The third kappa shape index (κ3) is 2.22. The highest BCUT2D eigenvalue weighted by Crippen LogP contribution is 2.23. The summed E-state index contributed by atoms with van der Waals surface area (Å²) in [5, 5.41) is 5.55. The molecule has 1 heterocycles. The van der Waals surface area contributed by atoms with Crippen molar-refractivity contribution in [1.29, 1.82) is 0 Å². The number of hydrogen-bond donors (Lipinski definition) is 1. The Labute approximate surface area is 89.6 Å². The minimum absolute atomic E-state index is 1.15. The number of hydrogen-bond acceptors (Lipinski definition) is 3. The van der Waals surface area contributed by atoms with Gasteiger partial charge in [0.15, 0.2) is 0 Å². The van der Waals surface area contributed by atoms with Crippen molar-refractivity contribution in [2.75, 3.05) is 18.0 Å². The zero-order valence-electron chi connectivity index (χ0n) is 8.28. The maximum Gasteiger partial charge on any atom is 0.0377 e. The van der Waals surface area contributed by atoms with Crippen molar-refractivity contribution in [3.8, 4) is 0 Å². The van der Waals surface area contributed by atoms with E-state index in [4.69, 9.17) is 5.14 Å². The molecule has 1 aliphatic rings. The maximum absolute atomic E-state index is 5.55. The molecule has 1 aromatic rings. The molecule has 1 saturated heterocycles. The van der Waals surface area contributed by atoms with Gasteiger partial charge in [-0.25, -0.2) is 0 Å². The summed E-state index contributed by atoms with van der Waals surface area (Å²) in [5.74, 6) is 0. The predicted molar refractivity (Wildman–Crippen MR) is 62.6 cm³/mol. The molecule has 0 unspecified atom stereocenters. The van der Waals surface area contributed by atoms with Gasteiger partial charge in [0.1, 0.15) is 0 Å².